The molecule has 1 N–H and O–H groups in total. The third-order valence-electron chi connectivity index (χ3n) is 4.21. The van der Waals surface area contributed by atoms with E-state index in [4.69, 9.17) is 4.74 Å². The zero-order chi connectivity index (χ0) is 21.4. The zero-order valence-electron chi connectivity index (χ0n) is 16.7. The Morgan fingerprint density at radius 3 is 2.00 bits per heavy atom. The number of rotatable bonds is 8. The third kappa shape index (κ3) is 6.27. The van der Waals surface area contributed by atoms with E-state index in [9.17, 15) is 19.2 Å². The largest absolute Gasteiger partial charge is 0.462 e. The van der Waals surface area contributed by atoms with E-state index in [2.05, 4.69) is 5.32 Å². The van der Waals surface area contributed by atoms with E-state index in [1.807, 2.05) is 0 Å². The predicted molar refractivity (Wildman–Crippen MR) is 110 cm³/mol. The summed E-state index contributed by atoms with van der Waals surface area (Å²) < 4.78 is 4.94. The Kier molecular flexibility index (Phi) is 7.65. The van der Waals surface area contributed by atoms with Crippen molar-refractivity contribution in [1.82, 2.24) is 0 Å². The van der Waals surface area contributed by atoms with Gasteiger partial charge in [-0.3, -0.25) is 14.4 Å². The van der Waals surface area contributed by atoms with Crippen molar-refractivity contribution in [3.8, 4) is 0 Å². The molecule has 2 rings (SSSR count). The summed E-state index contributed by atoms with van der Waals surface area (Å²) in [6.07, 6.45) is 0.0909. The van der Waals surface area contributed by atoms with E-state index < -0.39 is 5.97 Å². The lowest BCUT2D eigenvalue weighted by Crippen LogP contribution is -2.32. The number of anilines is 2. The quantitative estimate of drug-likeness (QED) is 0.545. The second-order valence-corrected chi connectivity index (χ2v) is 6.37. The van der Waals surface area contributed by atoms with Crippen LogP contribution in [-0.2, 0) is 14.3 Å². The maximum Gasteiger partial charge on any atom is 0.338 e. The lowest BCUT2D eigenvalue weighted by Gasteiger charge is -2.21. The van der Waals surface area contributed by atoms with Gasteiger partial charge in [0.2, 0.25) is 11.8 Å². The summed E-state index contributed by atoms with van der Waals surface area (Å²) in [6, 6.07) is 13.1. The van der Waals surface area contributed by atoms with Crippen molar-refractivity contribution in [2.45, 2.75) is 27.2 Å². The average molecular weight is 396 g/mol. The lowest BCUT2D eigenvalue weighted by molar-refractivity contribution is -0.117. The number of carbonyl (C=O) groups is 4. The number of amides is 2. The number of ether oxygens (including phenoxy) is 1. The highest BCUT2D eigenvalue weighted by molar-refractivity contribution is 5.97. The van der Waals surface area contributed by atoms with Gasteiger partial charge in [0, 0.05) is 36.8 Å². The van der Waals surface area contributed by atoms with E-state index in [1.54, 1.807) is 55.5 Å². The van der Waals surface area contributed by atoms with Crippen molar-refractivity contribution >= 4 is 34.9 Å². The zero-order valence-corrected chi connectivity index (χ0v) is 16.7. The van der Waals surface area contributed by atoms with Crippen LogP contribution in [0.25, 0.3) is 0 Å². The maximum absolute atomic E-state index is 12.2. The Labute approximate surface area is 169 Å². The van der Waals surface area contributed by atoms with Crippen LogP contribution in [0.2, 0.25) is 0 Å². The van der Waals surface area contributed by atoms with Gasteiger partial charge in [0.05, 0.1) is 12.2 Å². The Balaban J connectivity index is 1.98. The summed E-state index contributed by atoms with van der Waals surface area (Å²) in [5.74, 6) is -0.944. The molecule has 0 bridgehead atoms. The molecular formula is C22H24N2O5. The highest BCUT2D eigenvalue weighted by Crippen LogP contribution is 2.17. The molecule has 0 aliphatic carbocycles. The fraction of sp³-hybridized carbons (Fsp3) is 0.273. The number of benzene rings is 2. The minimum absolute atomic E-state index is 0.0473. The molecule has 7 heteroatoms. The molecule has 0 heterocycles. The van der Waals surface area contributed by atoms with Crippen molar-refractivity contribution in [1.29, 1.82) is 0 Å². The molecule has 0 saturated heterocycles. The second-order valence-electron chi connectivity index (χ2n) is 6.37. The van der Waals surface area contributed by atoms with Crippen molar-refractivity contribution in [3.63, 3.8) is 0 Å². The number of nitrogens with zero attached hydrogens (tertiary/aromatic N) is 1. The van der Waals surface area contributed by atoms with Gasteiger partial charge in [-0.05, 0) is 62.4 Å². The van der Waals surface area contributed by atoms with Crippen LogP contribution in [0, 0.1) is 0 Å². The monoisotopic (exact) mass is 396 g/mol. The molecule has 0 unspecified atom stereocenters. The minimum atomic E-state index is -0.427. The minimum Gasteiger partial charge on any atom is -0.462 e. The van der Waals surface area contributed by atoms with Crippen LogP contribution in [-0.4, -0.2) is 36.7 Å². The van der Waals surface area contributed by atoms with Crippen LogP contribution in [0.5, 0.6) is 0 Å². The van der Waals surface area contributed by atoms with Gasteiger partial charge in [0.15, 0.2) is 5.78 Å². The number of ketones is 1. The van der Waals surface area contributed by atoms with Gasteiger partial charge in [0.25, 0.3) is 0 Å². The molecule has 0 spiro atoms. The Morgan fingerprint density at radius 2 is 1.48 bits per heavy atom. The first kappa shape index (κ1) is 21.8. The third-order valence-corrected chi connectivity index (χ3v) is 4.21. The van der Waals surface area contributed by atoms with Gasteiger partial charge in [-0.15, -0.1) is 0 Å². The summed E-state index contributed by atoms with van der Waals surface area (Å²) in [7, 11) is 0. The Hall–Kier alpha value is -3.48. The Bertz CT molecular complexity index is 888. The second kappa shape index (κ2) is 10.2. The summed E-state index contributed by atoms with van der Waals surface area (Å²) in [4.78, 5) is 48.7. The van der Waals surface area contributed by atoms with Gasteiger partial charge >= 0.3 is 5.97 Å². The highest BCUT2D eigenvalue weighted by atomic mass is 16.5. The predicted octanol–water partition coefficient (Wildman–Crippen LogP) is 3.45. The molecule has 0 radical (unpaired) electrons. The SMILES string of the molecule is CCOC(=O)c1ccc(N(CCC(=O)Nc2ccc(C(C)=O)cc2)C(C)=O)cc1. The number of nitrogens with one attached hydrogen (secondary N) is 1. The molecule has 29 heavy (non-hydrogen) atoms. The van der Waals surface area contributed by atoms with Crippen molar-refractivity contribution in [3.05, 3.63) is 59.7 Å². The summed E-state index contributed by atoms with van der Waals surface area (Å²) in [5.41, 5.74) is 2.13. The van der Waals surface area contributed by atoms with E-state index >= 15 is 0 Å². The molecule has 2 amide bonds. The van der Waals surface area contributed by atoms with Crippen LogP contribution in [0.1, 0.15) is 47.9 Å². The normalized spacial score (nSPS) is 10.2. The molecule has 0 aliphatic rings. The summed E-state index contributed by atoms with van der Waals surface area (Å²) in [6.45, 7) is 5.09. The van der Waals surface area contributed by atoms with E-state index in [-0.39, 0.29) is 37.2 Å². The highest BCUT2D eigenvalue weighted by Gasteiger charge is 2.15. The molecule has 2 aromatic rings. The fourth-order valence-corrected chi connectivity index (χ4v) is 2.69. The maximum atomic E-state index is 12.2. The van der Waals surface area contributed by atoms with Crippen molar-refractivity contribution < 1.29 is 23.9 Å². The first-order valence-corrected chi connectivity index (χ1v) is 9.28. The standard InChI is InChI=1S/C22H24N2O5/c1-4-29-22(28)18-7-11-20(12-8-18)24(16(3)26)14-13-21(27)23-19-9-5-17(6-10-19)15(2)25/h5-12H,4,13-14H2,1-3H3,(H,23,27). The van der Waals surface area contributed by atoms with E-state index in [0.29, 0.717) is 22.5 Å². The number of hydrogen-bond donors (Lipinski definition) is 1. The van der Waals surface area contributed by atoms with Crippen LogP contribution < -0.4 is 10.2 Å². The first-order valence-electron chi connectivity index (χ1n) is 9.28. The number of hydrogen-bond acceptors (Lipinski definition) is 5. The van der Waals surface area contributed by atoms with Crippen molar-refractivity contribution in [2.75, 3.05) is 23.4 Å². The van der Waals surface area contributed by atoms with Gasteiger partial charge < -0.3 is 15.0 Å². The van der Waals surface area contributed by atoms with Gasteiger partial charge in [-0.25, -0.2) is 4.79 Å². The molecule has 0 saturated carbocycles. The van der Waals surface area contributed by atoms with Gasteiger partial charge in [0.1, 0.15) is 0 Å². The lowest BCUT2D eigenvalue weighted by atomic mass is 10.1. The van der Waals surface area contributed by atoms with Crippen LogP contribution in [0.15, 0.2) is 48.5 Å². The van der Waals surface area contributed by atoms with Gasteiger partial charge in [-0.1, -0.05) is 0 Å². The molecular weight excluding hydrogens is 372 g/mol. The Morgan fingerprint density at radius 1 is 0.897 bits per heavy atom. The summed E-state index contributed by atoms with van der Waals surface area (Å²) >= 11 is 0. The molecule has 0 aliphatic heterocycles. The molecule has 0 fully saturated rings. The van der Waals surface area contributed by atoms with Gasteiger partial charge in [-0.2, -0.15) is 0 Å². The van der Waals surface area contributed by atoms with Crippen molar-refractivity contribution in [2.24, 2.45) is 0 Å². The summed E-state index contributed by atoms with van der Waals surface area (Å²) in [5, 5.41) is 2.74. The number of Topliss-reactive ketones (excluding diaryl/α,β-unsaturated/α-hetero) is 1. The number of esters is 1. The topological polar surface area (TPSA) is 92.8 Å². The number of carbonyl (C=O) groups excluding carboxylic acids is 4. The molecule has 0 atom stereocenters. The van der Waals surface area contributed by atoms with E-state index in [0.717, 1.165) is 0 Å². The molecule has 0 aromatic heterocycles. The van der Waals surface area contributed by atoms with E-state index in [1.165, 1.54) is 18.7 Å². The fourth-order valence-electron chi connectivity index (χ4n) is 2.69. The molecule has 7 nitrogen and oxygen atoms in total. The van der Waals surface area contributed by atoms with Crippen LogP contribution in [0.4, 0.5) is 11.4 Å². The molecule has 2 aromatic carbocycles. The molecule has 152 valence electrons. The van der Waals surface area contributed by atoms with Crippen LogP contribution in [0.3, 0.4) is 0 Å². The smallest absolute Gasteiger partial charge is 0.338 e. The first-order chi connectivity index (χ1) is 13.8. The van der Waals surface area contributed by atoms with Crippen LogP contribution >= 0.6 is 0 Å². The average Bonchev–Trinajstić information content (AvgIpc) is 2.69.